The second-order valence-electron chi connectivity index (χ2n) is 3.75. The first kappa shape index (κ1) is 11.4. The Kier molecular flexibility index (Phi) is 3.55. The van der Waals surface area contributed by atoms with Gasteiger partial charge in [-0.1, -0.05) is 30.3 Å². The van der Waals surface area contributed by atoms with Gasteiger partial charge in [-0.3, -0.25) is 4.79 Å². The summed E-state index contributed by atoms with van der Waals surface area (Å²) < 4.78 is 5.02. The first-order chi connectivity index (χ1) is 8.25. The van der Waals surface area contributed by atoms with Gasteiger partial charge in [0, 0.05) is 25.2 Å². The Balaban J connectivity index is 1.76. The van der Waals surface area contributed by atoms with E-state index in [9.17, 15) is 9.59 Å². The number of hydrogen-bond acceptors (Lipinski definition) is 3. The van der Waals surface area contributed by atoms with Gasteiger partial charge in [-0.2, -0.15) is 0 Å². The summed E-state index contributed by atoms with van der Waals surface area (Å²) in [6.07, 6.45) is 3.31. The molecular weight excluding hydrogens is 218 g/mol. The lowest BCUT2D eigenvalue weighted by atomic mass is 10.2. The topological polar surface area (TPSA) is 46.6 Å². The minimum Gasteiger partial charge on any atom is -0.458 e. The van der Waals surface area contributed by atoms with E-state index in [4.69, 9.17) is 4.74 Å². The number of carbonyl (C=O) groups is 2. The monoisotopic (exact) mass is 231 g/mol. The van der Waals surface area contributed by atoms with Crippen molar-refractivity contribution in [3.05, 3.63) is 48.2 Å². The van der Waals surface area contributed by atoms with Crippen LogP contribution in [0, 0.1) is 0 Å². The van der Waals surface area contributed by atoms with Crippen LogP contribution < -0.4 is 0 Å². The number of ether oxygens (including phenoxy) is 1. The van der Waals surface area contributed by atoms with E-state index in [1.165, 1.54) is 17.2 Å². The molecule has 0 saturated carbocycles. The van der Waals surface area contributed by atoms with Crippen LogP contribution in [0.15, 0.2) is 42.6 Å². The second kappa shape index (κ2) is 5.30. The molecule has 1 aliphatic heterocycles. The Labute approximate surface area is 99.5 Å². The van der Waals surface area contributed by atoms with Crippen LogP contribution in [0.25, 0.3) is 0 Å². The highest BCUT2D eigenvalue weighted by Crippen LogP contribution is 2.08. The van der Waals surface area contributed by atoms with Gasteiger partial charge in [0.1, 0.15) is 6.61 Å². The number of β-lactam (4-membered cyclic amide) rings is 1. The van der Waals surface area contributed by atoms with Crippen LogP contribution in [0.2, 0.25) is 0 Å². The van der Waals surface area contributed by atoms with E-state index in [1.54, 1.807) is 0 Å². The zero-order valence-electron chi connectivity index (χ0n) is 9.33. The molecule has 1 aromatic rings. The van der Waals surface area contributed by atoms with Crippen molar-refractivity contribution in [3.63, 3.8) is 0 Å². The van der Waals surface area contributed by atoms with Gasteiger partial charge in [0.05, 0.1) is 0 Å². The lowest BCUT2D eigenvalue weighted by molar-refractivity contribution is -0.139. The average molecular weight is 231 g/mol. The minimum atomic E-state index is -0.437. The van der Waals surface area contributed by atoms with Crippen molar-refractivity contribution in [2.45, 2.75) is 13.0 Å². The molecule has 4 heteroatoms. The van der Waals surface area contributed by atoms with E-state index in [2.05, 4.69) is 0 Å². The third-order valence-electron chi connectivity index (χ3n) is 2.50. The van der Waals surface area contributed by atoms with Crippen molar-refractivity contribution in [3.8, 4) is 0 Å². The van der Waals surface area contributed by atoms with Gasteiger partial charge in [-0.05, 0) is 5.56 Å². The number of rotatable bonds is 4. The zero-order chi connectivity index (χ0) is 12.1. The Morgan fingerprint density at radius 1 is 1.35 bits per heavy atom. The van der Waals surface area contributed by atoms with E-state index in [0.29, 0.717) is 13.0 Å². The number of carbonyl (C=O) groups excluding carboxylic acids is 2. The molecule has 1 aliphatic rings. The molecule has 0 radical (unpaired) electrons. The zero-order valence-corrected chi connectivity index (χ0v) is 9.33. The van der Waals surface area contributed by atoms with Gasteiger partial charge in [0.25, 0.3) is 0 Å². The van der Waals surface area contributed by atoms with E-state index in [-0.39, 0.29) is 12.5 Å². The van der Waals surface area contributed by atoms with Crippen LogP contribution in [0.1, 0.15) is 12.0 Å². The number of likely N-dealkylation sites (tertiary alicyclic amines) is 1. The highest BCUT2D eigenvalue weighted by molar-refractivity contribution is 5.86. The number of nitrogens with zero attached hydrogens (tertiary/aromatic N) is 1. The first-order valence-electron chi connectivity index (χ1n) is 5.44. The van der Waals surface area contributed by atoms with Crippen LogP contribution >= 0.6 is 0 Å². The first-order valence-corrected chi connectivity index (χ1v) is 5.44. The van der Waals surface area contributed by atoms with Gasteiger partial charge in [-0.15, -0.1) is 0 Å². The number of benzene rings is 1. The van der Waals surface area contributed by atoms with Crippen molar-refractivity contribution in [2.75, 3.05) is 6.54 Å². The lowest BCUT2D eigenvalue weighted by Crippen LogP contribution is -2.38. The molecule has 0 spiro atoms. The third-order valence-corrected chi connectivity index (χ3v) is 2.50. The predicted molar refractivity (Wildman–Crippen MR) is 61.7 cm³/mol. The molecular formula is C13H13NO3. The minimum absolute atomic E-state index is 0.0390. The van der Waals surface area contributed by atoms with E-state index in [0.717, 1.165) is 5.56 Å². The smallest absolute Gasteiger partial charge is 0.332 e. The fourth-order valence-corrected chi connectivity index (χ4v) is 1.42. The summed E-state index contributed by atoms with van der Waals surface area (Å²) in [5.41, 5.74) is 0.939. The van der Waals surface area contributed by atoms with E-state index < -0.39 is 5.97 Å². The maximum absolute atomic E-state index is 11.3. The van der Waals surface area contributed by atoms with Crippen molar-refractivity contribution in [2.24, 2.45) is 0 Å². The predicted octanol–water partition coefficient (Wildman–Crippen LogP) is 1.48. The van der Waals surface area contributed by atoms with E-state index in [1.807, 2.05) is 30.3 Å². The summed E-state index contributed by atoms with van der Waals surface area (Å²) in [7, 11) is 0. The van der Waals surface area contributed by atoms with Gasteiger partial charge >= 0.3 is 5.97 Å². The second-order valence-corrected chi connectivity index (χ2v) is 3.75. The molecule has 2 rings (SSSR count). The molecule has 0 bridgehead atoms. The quantitative estimate of drug-likeness (QED) is 0.448. The van der Waals surface area contributed by atoms with Crippen molar-refractivity contribution in [1.82, 2.24) is 4.90 Å². The summed E-state index contributed by atoms with van der Waals surface area (Å²) in [6, 6.07) is 9.45. The summed E-state index contributed by atoms with van der Waals surface area (Å²) >= 11 is 0. The number of hydrogen-bond donors (Lipinski definition) is 0. The van der Waals surface area contributed by atoms with Gasteiger partial charge in [-0.25, -0.2) is 4.79 Å². The summed E-state index contributed by atoms with van der Waals surface area (Å²) in [6.45, 7) is 0.930. The molecule has 1 heterocycles. The molecule has 88 valence electrons. The largest absolute Gasteiger partial charge is 0.458 e. The van der Waals surface area contributed by atoms with Crippen LogP contribution in [0.5, 0.6) is 0 Å². The van der Waals surface area contributed by atoms with Crippen LogP contribution in [-0.2, 0) is 20.9 Å². The Hall–Kier alpha value is -2.10. The SMILES string of the molecule is O=C(/C=C\N1CCC1=O)OCc1ccccc1. The highest BCUT2D eigenvalue weighted by atomic mass is 16.5. The molecule has 0 aromatic heterocycles. The Bertz CT molecular complexity index is 439. The van der Waals surface area contributed by atoms with Gasteiger partial charge < -0.3 is 9.64 Å². The normalized spacial score (nSPS) is 14.8. The van der Waals surface area contributed by atoms with Gasteiger partial charge in [0.2, 0.25) is 5.91 Å². The fraction of sp³-hybridized carbons (Fsp3) is 0.231. The molecule has 0 aliphatic carbocycles. The molecule has 1 amide bonds. The number of amides is 1. The summed E-state index contributed by atoms with van der Waals surface area (Å²) in [5.74, 6) is -0.398. The highest BCUT2D eigenvalue weighted by Gasteiger charge is 2.20. The maximum Gasteiger partial charge on any atom is 0.332 e. The fourth-order valence-electron chi connectivity index (χ4n) is 1.42. The standard InChI is InChI=1S/C13H13NO3/c15-12-6-8-14(12)9-7-13(16)17-10-11-4-2-1-3-5-11/h1-5,7,9H,6,8,10H2/b9-7-. The number of esters is 1. The lowest BCUT2D eigenvalue weighted by Gasteiger charge is -2.26. The molecule has 4 nitrogen and oxygen atoms in total. The van der Waals surface area contributed by atoms with Crippen LogP contribution in [0.4, 0.5) is 0 Å². The summed E-state index contributed by atoms with van der Waals surface area (Å²) in [5, 5.41) is 0. The molecule has 1 fully saturated rings. The Morgan fingerprint density at radius 2 is 2.12 bits per heavy atom. The maximum atomic E-state index is 11.3. The molecule has 0 atom stereocenters. The van der Waals surface area contributed by atoms with E-state index >= 15 is 0 Å². The van der Waals surface area contributed by atoms with Crippen LogP contribution in [0.3, 0.4) is 0 Å². The molecule has 1 aromatic carbocycles. The molecule has 1 saturated heterocycles. The Morgan fingerprint density at radius 3 is 2.71 bits per heavy atom. The van der Waals surface area contributed by atoms with Crippen LogP contribution in [-0.4, -0.2) is 23.3 Å². The molecule has 0 unspecified atom stereocenters. The van der Waals surface area contributed by atoms with Crippen molar-refractivity contribution >= 4 is 11.9 Å². The average Bonchev–Trinajstić information content (AvgIpc) is 2.36. The third kappa shape index (κ3) is 3.17. The van der Waals surface area contributed by atoms with Gasteiger partial charge in [0.15, 0.2) is 0 Å². The van der Waals surface area contributed by atoms with Crippen molar-refractivity contribution in [1.29, 1.82) is 0 Å². The molecule has 0 N–H and O–H groups in total. The van der Waals surface area contributed by atoms with Crippen molar-refractivity contribution < 1.29 is 14.3 Å². The molecule has 17 heavy (non-hydrogen) atoms. The summed E-state index contributed by atoms with van der Waals surface area (Å²) in [4.78, 5) is 23.8.